The van der Waals surface area contributed by atoms with Crippen LogP contribution in [0, 0.1) is 5.82 Å². The molecule has 0 spiro atoms. The van der Waals surface area contributed by atoms with Crippen LogP contribution in [-0.4, -0.2) is 27.7 Å². The van der Waals surface area contributed by atoms with Gasteiger partial charge in [-0.3, -0.25) is 9.52 Å². The molecular weight excluding hydrogens is 359 g/mol. The summed E-state index contributed by atoms with van der Waals surface area (Å²) in [4.78, 5) is 12.1. The molecule has 2 N–H and O–H groups in total. The molecule has 0 aromatic heterocycles. The van der Waals surface area contributed by atoms with E-state index in [0.717, 1.165) is 12.3 Å². The van der Waals surface area contributed by atoms with Crippen molar-refractivity contribution in [2.45, 2.75) is 0 Å². The first kappa shape index (κ1) is 18.0. The predicted octanol–water partition coefficient (Wildman–Crippen LogP) is 3.11. The molecule has 0 unspecified atom stereocenters. The van der Waals surface area contributed by atoms with Crippen LogP contribution in [0.25, 0.3) is 0 Å². The Morgan fingerprint density at radius 1 is 1.21 bits per heavy atom. The molecule has 1 amide bonds. The number of carbonyl (C=O) groups is 1. The van der Waals surface area contributed by atoms with Gasteiger partial charge in [-0.05, 0) is 30.3 Å². The van der Waals surface area contributed by atoms with Crippen molar-refractivity contribution in [2.24, 2.45) is 0 Å². The molecule has 2 rings (SSSR count). The minimum atomic E-state index is -3.48. The quantitative estimate of drug-likeness (QED) is 0.844. The number of ether oxygens (including phenoxy) is 1. The number of benzene rings is 2. The number of hydrogen-bond acceptors (Lipinski definition) is 4. The normalized spacial score (nSPS) is 11.0. The number of carbonyl (C=O) groups excluding carboxylic acids is 1. The van der Waals surface area contributed by atoms with E-state index in [9.17, 15) is 17.6 Å². The van der Waals surface area contributed by atoms with Gasteiger partial charge < -0.3 is 10.1 Å². The molecule has 128 valence electrons. The Labute approximate surface area is 143 Å². The van der Waals surface area contributed by atoms with E-state index < -0.39 is 21.7 Å². The Hall–Kier alpha value is -2.32. The van der Waals surface area contributed by atoms with Gasteiger partial charge in [-0.1, -0.05) is 11.6 Å². The molecule has 2 aromatic rings. The molecule has 6 nitrogen and oxygen atoms in total. The molecule has 0 aliphatic heterocycles. The number of rotatable bonds is 5. The van der Waals surface area contributed by atoms with Gasteiger partial charge in [0.15, 0.2) is 0 Å². The van der Waals surface area contributed by atoms with Gasteiger partial charge in [0.05, 0.1) is 24.6 Å². The fourth-order valence-corrected chi connectivity index (χ4v) is 2.66. The molecule has 0 aliphatic carbocycles. The van der Waals surface area contributed by atoms with Crippen molar-refractivity contribution >= 4 is 38.9 Å². The first-order chi connectivity index (χ1) is 11.2. The monoisotopic (exact) mass is 372 g/mol. The number of methoxy groups -OCH3 is 1. The van der Waals surface area contributed by atoms with E-state index in [0.29, 0.717) is 5.69 Å². The summed E-state index contributed by atoms with van der Waals surface area (Å²) in [6.45, 7) is 0. The van der Waals surface area contributed by atoms with Crippen LogP contribution in [0.2, 0.25) is 5.02 Å². The number of hydrogen-bond donors (Lipinski definition) is 2. The van der Waals surface area contributed by atoms with E-state index in [4.69, 9.17) is 16.3 Å². The van der Waals surface area contributed by atoms with Gasteiger partial charge in [-0.25, -0.2) is 12.8 Å². The van der Waals surface area contributed by atoms with Crippen LogP contribution in [0.15, 0.2) is 36.4 Å². The Bertz CT molecular complexity index is 887. The van der Waals surface area contributed by atoms with Crippen LogP contribution in [0.5, 0.6) is 5.75 Å². The van der Waals surface area contributed by atoms with Crippen LogP contribution in [-0.2, 0) is 10.0 Å². The summed E-state index contributed by atoms with van der Waals surface area (Å²) in [5, 5.41) is 2.72. The molecule has 0 bridgehead atoms. The number of nitrogens with one attached hydrogen (secondary N) is 2. The molecule has 0 heterocycles. The second kappa shape index (κ2) is 7.06. The van der Waals surface area contributed by atoms with Gasteiger partial charge in [-0.15, -0.1) is 0 Å². The van der Waals surface area contributed by atoms with Crippen LogP contribution >= 0.6 is 11.6 Å². The number of anilines is 2. The number of amides is 1. The first-order valence-electron chi connectivity index (χ1n) is 6.62. The van der Waals surface area contributed by atoms with Crippen molar-refractivity contribution in [1.29, 1.82) is 0 Å². The lowest BCUT2D eigenvalue weighted by molar-refractivity contribution is 0.102. The second-order valence-electron chi connectivity index (χ2n) is 4.87. The number of sulfonamides is 1. The summed E-state index contributed by atoms with van der Waals surface area (Å²) in [5.74, 6) is -1.20. The maximum Gasteiger partial charge on any atom is 0.258 e. The van der Waals surface area contributed by atoms with Gasteiger partial charge in [0.25, 0.3) is 5.91 Å². The summed E-state index contributed by atoms with van der Waals surface area (Å²) in [7, 11) is -2.13. The Morgan fingerprint density at radius 3 is 2.54 bits per heavy atom. The highest BCUT2D eigenvalue weighted by atomic mass is 35.5. The average Bonchev–Trinajstić information content (AvgIpc) is 2.49. The minimum Gasteiger partial charge on any atom is -0.494 e. The summed E-state index contributed by atoms with van der Waals surface area (Å²) in [6.07, 6.45) is 1.00. The molecule has 9 heteroatoms. The first-order valence-corrected chi connectivity index (χ1v) is 8.89. The third kappa shape index (κ3) is 4.59. The van der Waals surface area contributed by atoms with Crippen molar-refractivity contribution < 1.29 is 22.3 Å². The third-order valence-corrected chi connectivity index (χ3v) is 3.75. The third-order valence-electron chi connectivity index (χ3n) is 2.93. The van der Waals surface area contributed by atoms with E-state index in [1.165, 1.54) is 37.4 Å². The van der Waals surface area contributed by atoms with Crippen LogP contribution in [0.3, 0.4) is 0 Å². The van der Waals surface area contributed by atoms with E-state index in [2.05, 4.69) is 10.0 Å². The summed E-state index contributed by atoms with van der Waals surface area (Å²) in [5.41, 5.74) is 0.307. The standard InChI is InChI=1S/C15H14ClFN2O4S/c1-23-14-8-10(4-6-13(14)19-24(2,21)22)18-15(20)11-7-9(16)3-5-12(11)17/h3-8,19H,1-2H3,(H,18,20). The van der Waals surface area contributed by atoms with Crippen molar-refractivity contribution in [3.63, 3.8) is 0 Å². The molecule has 0 saturated heterocycles. The van der Waals surface area contributed by atoms with Crippen molar-refractivity contribution in [1.82, 2.24) is 0 Å². The van der Waals surface area contributed by atoms with Gasteiger partial charge in [0, 0.05) is 16.8 Å². The fraction of sp³-hybridized carbons (Fsp3) is 0.133. The Balaban J connectivity index is 2.27. The zero-order valence-corrected chi connectivity index (χ0v) is 14.3. The van der Waals surface area contributed by atoms with Crippen molar-refractivity contribution in [2.75, 3.05) is 23.4 Å². The lowest BCUT2D eigenvalue weighted by Crippen LogP contribution is -2.14. The zero-order valence-electron chi connectivity index (χ0n) is 12.8. The number of halogens is 2. The van der Waals surface area contributed by atoms with E-state index in [1.54, 1.807) is 0 Å². The van der Waals surface area contributed by atoms with Gasteiger partial charge in [0.2, 0.25) is 10.0 Å². The van der Waals surface area contributed by atoms with E-state index in [1.807, 2.05) is 0 Å². The fourth-order valence-electron chi connectivity index (χ4n) is 1.92. The smallest absolute Gasteiger partial charge is 0.258 e. The molecule has 0 radical (unpaired) electrons. The predicted molar refractivity (Wildman–Crippen MR) is 90.8 cm³/mol. The average molecular weight is 373 g/mol. The summed E-state index contributed by atoms with van der Waals surface area (Å²) in [6, 6.07) is 7.93. The van der Waals surface area contributed by atoms with Crippen LogP contribution in [0.4, 0.5) is 15.8 Å². The highest BCUT2D eigenvalue weighted by Gasteiger charge is 2.14. The molecular formula is C15H14ClFN2O4S. The molecule has 0 fully saturated rings. The van der Waals surface area contributed by atoms with Gasteiger partial charge in [-0.2, -0.15) is 0 Å². The summed E-state index contributed by atoms with van der Waals surface area (Å²) >= 11 is 5.76. The van der Waals surface area contributed by atoms with Crippen LogP contribution in [0.1, 0.15) is 10.4 Å². The molecule has 24 heavy (non-hydrogen) atoms. The second-order valence-corrected chi connectivity index (χ2v) is 7.05. The van der Waals surface area contributed by atoms with Crippen molar-refractivity contribution in [3.8, 4) is 5.75 Å². The highest BCUT2D eigenvalue weighted by Crippen LogP contribution is 2.29. The SMILES string of the molecule is COc1cc(NC(=O)c2cc(Cl)ccc2F)ccc1NS(C)(=O)=O. The topological polar surface area (TPSA) is 84.5 Å². The highest BCUT2D eigenvalue weighted by molar-refractivity contribution is 7.92. The maximum atomic E-state index is 13.7. The molecule has 2 aromatic carbocycles. The molecule has 0 atom stereocenters. The summed E-state index contributed by atoms with van der Waals surface area (Å²) < 4.78 is 43.7. The molecule has 0 saturated carbocycles. The minimum absolute atomic E-state index is 0.199. The van der Waals surface area contributed by atoms with Crippen molar-refractivity contribution in [3.05, 3.63) is 52.8 Å². The van der Waals surface area contributed by atoms with E-state index in [-0.39, 0.29) is 22.0 Å². The molecule has 0 aliphatic rings. The lowest BCUT2D eigenvalue weighted by atomic mass is 10.2. The Morgan fingerprint density at radius 2 is 1.92 bits per heavy atom. The van der Waals surface area contributed by atoms with Gasteiger partial charge >= 0.3 is 0 Å². The largest absolute Gasteiger partial charge is 0.494 e. The van der Waals surface area contributed by atoms with Gasteiger partial charge in [0.1, 0.15) is 11.6 Å². The lowest BCUT2D eigenvalue weighted by Gasteiger charge is -2.12. The maximum absolute atomic E-state index is 13.7. The zero-order chi connectivity index (χ0) is 17.9. The van der Waals surface area contributed by atoms with E-state index >= 15 is 0 Å². The Kier molecular flexibility index (Phi) is 5.30. The van der Waals surface area contributed by atoms with Crippen LogP contribution < -0.4 is 14.8 Å².